The molecule has 0 radical (unpaired) electrons. The highest BCUT2D eigenvalue weighted by molar-refractivity contribution is 5.92. The Morgan fingerprint density at radius 1 is 1.15 bits per heavy atom. The van der Waals surface area contributed by atoms with E-state index in [0.29, 0.717) is 25.4 Å². The number of hydrogen-bond donors (Lipinski definition) is 1. The van der Waals surface area contributed by atoms with Gasteiger partial charge >= 0.3 is 0 Å². The third-order valence-electron chi connectivity index (χ3n) is 5.00. The van der Waals surface area contributed by atoms with E-state index in [9.17, 15) is 9.59 Å². The van der Waals surface area contributed by atoms with Crippen LogP contribution in [-0.2, 0) is 9.59 Å². The number of nitrogens with one attached hydrogen (secondary N) is 1. The number of anilines is 1. The van der Waals surface area contributed by atoms with Crippen molar-refractivity contribution in [3.05, 3.63) is 41.5 Å². The van der Waals surface area contributed by atoms with Crippen molar-refractivity contribution in [2.45, 2.75) is 65.2 Å². The summed E-state index contributed by atoms with van der Waals surface area (Å²) in [6, 6.07) is 7.90. The lowest BCUT2D eigenvalue weighted by molar-refractivity contribution is -0.129. The maximum Gasteiger partial charge on any atom is 0.226 e. The topological polar surface area (TPSA) is 49.4 Å². The van der Waals surface area contributed by atoms with E-state index in [2.05, 4.69) is 25.2 Å². The first kappa shape index (κ1) is 20.2. The second-order valence-electron chi connectivity index (χ2n) is 7.40. The maximum absolute atomic E-state index is 12.4. The smallest absolute Gasteiger partial charge is 0.226 e. The van der Waals surface area contributed by atoms with Gasteiger partial charge in [0.05, 0.1) is 0 Å². The van der Waals surface area contributed by atoms with Crippen LogP contribution in [0, 0.1) is 0 Å². The summed E-state index contributed by atoms with van der Waals surface area (Å²) in [5.74, 6) is 0.349. The van der Waals surface area contributed by atoms with Crippen LogP contribution in [-0.4, -0.2) is 29.8 Å². The van der Waals surface area contributed by atoms with Crippen LogP contribution in [0.1, 0.15) is 70.8 Å². The van der Waals surface area contributed by atoms with Crippen LogP contribution in [0.15, 0.2) is 35.9 Å². The van der Waals surface area contributed by atoms with Gasteiger partial charge in [0.15, 0.2) is 0 Å². The van der Waals surface area contributed by atoms with Gasteiger partial charge in [-0.25, -0.2) is 0 Å². The second kappa shape index (κ2) is 10.1. The molecule has 0 unspecified atom stereocenters. The summed E-state index contributed by atoms with van der Waals surface area (Å²) in [6.07, 6.45) is 8.41. The van der Waals surface area contributed by atoms with Crippen molar-refractivity contribution in [2.75, 3.05) is 18.4 Å². The van der Waals surface area contributed by atoms with Crippen LogP contribution >= 0.6 is 0 Å². The number of hydrogen-bond acceptors (Lipinski definition) is 2. The minimum absolute atomic E-state index is 0.0387. The van der Waals surface area contributed by atoms with Gasteiger partial charge in [0.25, 0.3) is 0 Å². The molecule has 0 atom stereocenters. The van der Waals surface area contributed by atoms with Gasteiger partial charge < -0.3 is 10.2 Å². The minimum Gasteiger partial charge on any atom is -0.342 e. The average Bonchev–Trinajstić information content (AvgIpc) is 2.62. The summed E-state index contributed by atoms with van der Waals surface area (Å²) < 4.78 is 0. The van der Waals surface area contributed by atoms with Crippen LogP contribution in [0.4, 0.5) is 5.69 Å². The number of rotatable bonds is 8. The Morgan fingerprint density at radius 2 is 1.92 bits per heavy atom. The fourth-order valence-electron chi connectivity index (χ4n) is 3.40. The molecule has 4 heteroatoms. The standard InChI is InChI=1S/C22H32N2O2/c1-17(2)20-11-7-8-12-21(20)23-22(26)14-16-24(18(3)25)15-13-19-9-5-4-6-10-19/h7-9,11-12,17H,4-6,10,13-16H2,1-3H3,(H,23,26). The summed E-state index contributed by atoms with van der Waals surface area (Å²) >= 11 is 0. The number of allylic oxidation sites excluding steroid dienone is 1. The summed E-state index contributed by atoms with van der Waals surface area (Å²) in [5, 5.41) is 3.00. The highest BCUT2D eigenvalue weighted by Gasteiger charge is 2.14. The van der Waals surface area contributed by atoms with Crippen molar-refractivity contribution in [1.29, 1.82) is 0 Å². The number of benzene rings is 1. The molecule has 0 aliphatic heterocycles. The molecule has 2 amide bonds. The van der Waals surface area contributed by atoms with Crippen LogP contribution in [0.2, 0.25) is 0 Å². The van der Waals surface area contributed by atoms with Crippen molar-refractivity contribution in [3.63, 3.8) is 0 Å². The third-order valence-corrected chi connectivity index (χ3v) is 5.00. The monoisotopic (exact) mass is 356 g/mol. The lowest BCUT2D eigenvalue weighted by Crippen LogP contribution is -2.33. The minimum atomic E-state index is -0.0405. The molecular weight excluding hydrogens is 324 g/mol. The Balaban J connectivity index is 1.85. The summed E-state index contributed by atoms with van der Waals surface area (Å²) in [6.45, 7) is 6.99. The largest absolute Gasteiger partial charge is 0.342 e. The highest BCUT2D eigenvalue weighted by atomic mass is 16.2. The number of amides is 2. The van der Waals surface area contributed by atoms with E-state index in [1.807, 2.05) is 24.3 Å². The molecule has 1 aliphatic rings. The zero-order chi connectivity index (χ0) is 18.9. The lowest BCUT2D eigenvalue weighted by Gasteiger charge is -2.23. The van der Waals surface area contributed by atoms with Crippen molar-refractivity contribution < 1.29 is 9.59 Å². The predicted octanol–water partition coefficient (Wildman–Crippen LogP) is 4.88. The first-order valence-corrected chi connectivity index (χ1v) is 9.79. The lowest BCUT2D eigenvalue weighted by atomic mass is 9.97. The summed E-state index contributed by atoms with van der Waals surface area (Å²) in [7, 11) is 0. The molecule has 0 fully saturated rings. The molecule has 0 bridgehead atoms. The third kappa shape index (κ3) is 6.32. The van der Waals surface area contributed by atoms with E-state index in [1.54, 1.807) is 11.8 Å². The second-order valence-corrected chi connectivity index (χ2v) is 7.40. The molecule has 0 aromatic heterocycles. The van der Waals surface area contributed by atoms with Gasteiger partial charge in [-0.15, -0.1) is 0 Å². The van der Waals surface area contributed by atoms with Gasteiger partial charge in [0.2, 0.25) is 11.8 Å². The number of nitrogens with zero attached hydrogens (tertiary/aromatic N) is 1. The van der Waals surface area contributed by atoms with Gasteiger partial charge in [0.1, 0.15) is 0 Å². The Kier molecular flexibility index (Phi) is 7.89. The van der Waals surface area contributed by atoms with E-state index in [0.717, 1.165) is 30.5 Å². The molecule has 0 spiro atoms. The van der Waals surface area contributed by atoms with E-state index < -0.39 is 0 Å². The van der Waals surface area contributed by atoms with Crippen molar-refractivity contribution in [1.82, 2.24) is 4.90 Å². The molecule has 4 nitrogen and oxygen atoms in total. The Hall–Kier alpha value is -2.10. The van der Waals surface area contributed by atoms with Crippen LogP contribution in [0.5, 0.6) is 0 Å². The Bertz CT molecular complexity index is 649. The average molecular weight is 357 g/mol. The molecule has 1 aliphatic carbocycles. The fourth-order valence-corrected chi connectivity index (χ4v) is 3.40. The highest BCUT2D eigenvalue weighted by Crippen LogP contribution is 2.24. The first-order chi connectivity index (χ1) is 12.5. The molecule has 2 rings (SSSR count). The van der Waals surface area contributed by atoms with Crippen LogP contribution < -0.4 is 5.32 Å². The van der Waals surface area contributed by atoms with Crippen LogP contribution in [0.25, 0.3) is 0 Å². The Morgan fingerprint density at radius 3 is 2.58 bits per heavy atom. The summed E-state index contributed by atoms with van der Waals surface area (Å²) in [4.78, 5) is 26.1. The number of carbonyl (C=O) groups excluding carboxylic acids is 2. The molecule has 0 saturated heterocycles. The maximum atomic E-state index is 12.4. The van der Waals surface area contributed by atoms with Gasteiger partial charge in [0, 0.05) is 32.1 Å². The molecular formula is C22H32N2O2. The molecule has 1 aromatic rings. The predicted molar refractivity (Wildman–Crippen MR) is 107 cm³/mol. The summed E-state index contributed by atoms with van der Waals surface area (Å²) in [5.41, 5.74) is 3.46. The van der Waals surface area contributed by atoms with E-state index in [1.165, 1.54) is 18.4 Å². The van der Waals surface area contributed by atoms with Gasteiger partial charge in [-0.3, -0.25) is 9.59 Å². The van der Waals surface area contributed by atoms with E-state index >= 15 is 0 Å². The molecule has 26 heavy (non-hydrogen) atoms. The zero-order valence-corrected chi connectivity index (χ0v) is 16.4. The first-order valence-electron chi connectivity index (χ1n) is 9.79. The zero-order valence-electron chi connectivity index (χ0n) is 16.4. The van der Waals surface area contributed by atoms with Gasteiger partial charge in [-0.05, 0) is 49.7 Å². The van der Waals surface area contributed by atoms with Gasteiger partial charge in [-0.1, -0.05) is 43.7 Å². The Labute approximate surface area is 157 Å². The fraction of sp³-hybridized carbons (Fsp3) is 0.545. The normalized spacial score (nSPS) is 14.1. The van der Waals surface area contributed by atoms with Crippen molar-refractivity contribution >= 4 is 17.5 Å². The van der Waals surface area contributed by atoms with Crippen LogP contribution in [0.3, 0.4) is 0 Å². The van der Waals surface area contributed by atoms with E-state index in [4.69, 9.17) is 0 Å². The molecule has 1 aromatic carbocycles. The van der Waals surface area contributed by atoms with Crippen molar-refractivity contribution in [3.8, 4) is 0 Å². The molecule has 142 valence electrons. The van der Waals surface area contributed by atoms with Gasteiger partial charge in [-0.2, -0.15) is 0 Å². The SMILES string of the molecule is CC(=O)N(CCC(=O)Nc1ccccc1C(C)C)CCC1=CCCCC1. The number of carbonyl (C=O) groups is 2. The quantitative estimate of drug-likeness (QED) is 0.675. The van der Waals surface area contributed by atoms with E-state index in [-0.39, 0.29) is 11.8 Å². The molecule has 1 N–H and O–H groups in total. The molecule has 0 heterocycles. The number of para-hydroxylation sites is 1. The van der Waals surface area contributed by atoms with Crippen molar-refractivity contribution in [2.24, 2.45) is 0 Å². The molecule has 0 saturated carbocycles.